The van der Waals surface area contributed by atoms with Crippen molar-refractivity contribution in [3.8, 4) is 17.2 Å². The largest absolute Gasteiger partial charge is 0.457 e. The Bertz CT molecular complexity index is 1760. The first-order chi connectivity index (χ1) is 19.6. The summed E-state index contributed by atoms with van der Waals surface area (Å²) in [6.07, 6.45) is 1.73. The fourth-order valence-corrected chi connectivity index (χ4v) is 4.14. The summed E-state index contributed by atoms with van der Waals surface area (Å²) < 4.78 is 22.3. The summed E-state index contributed by atoms with van der Waals surface area (Å²) in [6.45, 7) is 6.09. The maximum Gasteiger partial charge on any atom is 0.324 e. The molecule has 0 aliphatic heterocycles. The second-order valence-electron chi connectivity index (χ2n) is 10.4. The Hall–Kier alpha value is -5.25. The minimum atomic E-state index is -0.689. The van der Waals surface area contributed by atoms with Crippen LogP contribution in [0, 0.1) is 5.82 Å². The Kier molecular flexibility index (Phi) is 7.39. The van der Waals surface area contributed by atoms with Gasteiger partial charge in [0.1, 0.15) is 23.1 Å². The predicted molar refractivity (Wildman–Crippen MR) is 157 cm³/mol. The van der Waals surface area contributed by atoms with Crippen molar-refractivity contribution in [2.45, 2.75) is 26.2 Å². The van der Waals surface area contributed by atoms with Crippen molar-refractivity contribution in [3.05, 3.63) is 102 Å². The molecule has 0 atom stereocenters. The van der Waals surface area contributed by atoms with Crippen LogP contribution in [0.25, 0.3) is 16.6 Å². The molecule has 0 saturated heterocycles. The quantitative estimate of drug-likeness (QED) is 0.218. The predicted octanol–water partition coefficient (Wildman–Crippen LogP) is 6.65. The van der Waals surface area contributed by atoms with Gasteiger partial charge in [0.25, 0.3) is 5.91 Å². The van der Waals surface area contributed by atoms with Gasteiger partial charge < -0.3 is 15.4 Å². The highest BCUT2D eigenvalue weighted by atomic mass is 19.1. The third-order valence-electron chi connectivity index (χ3n) is 6.30. The minimum Gasteiger partial charge on any atom is -0.457 e. The second kappa shape index (κ2) is 11.1. The molecule has 0 saturated carbocycles. The molecule has 3 aromatic carbocycles. The average Bonchev–Trinajstić information content (AvgIpc) is 3.38. The summed E-state index contributed by atoms with van der Waals surface area (Å²) in [5, 5.41) is 13.6. The van der Waals surface area contributed by atoms with Crippen LogP contribution in [0.4, 0.5) is 20.7 Å². The molecule has 0 unspecified atom stereocenters. The van der Waals surface area contributed by atoms with Crippen LogP contribution in [0.1, 0.15) is 36.8 Å². The van der Waals surface area contributed by atoms with E-state index in [4.69, 9.17) is 9.84 Å². The fraction of sp³-hybridized carbons (Fsp3) is 0.161. The van der Waals surface area contributed by atoms with Crippen molar-refractivity contribution in [2.24, 2.45) is 0 Å². The van der Waals surface area contributed by atoms with E-state index in [0.29, 0.717) is 17.1 Å². The molecule has 5 rings (SSSR count). The third-order valence-corrected chi connectivity index (χ3v) is 6.30. The number of halogens is 1. The Morgan fingerprint density at radius 3 is 2.46 bits per heavy atom. The van der Waals surface area contributed by atoms with Crippen molar-refractivity contribution in [2.75, 3.05) is 17.7 Å². The number of pyridine rings is 1. The molecule has 0 radical (unpaired) electrons. The molecule has 10 heteroatoms. The van der Waals surface area contributed by atoms with Crippen molar-refractivity contribution >= 4 is 34.3 Å². The van der Waals surface area contributed by atoms with E-state index in [1.54, 1.807) is 41.2 Å². The van der Waals surface area contributed by atoms with Crippen LogP contribution in [-0.4, -0.2) is 33.8 Å². The highest BCUT2D eigenvalue weighted by molar-refractivity contribution is 5.99. The van der Waals surface area contributed by atoms with Crippen molar-refractivity contribution < 1.29 is 18.7 Å². The molecular weight excluding hydrogens is 523 g/mol. The van der Waals surface area contributed by atoms with Gasteiger partial charge in [-0.05, 0) is 54.6 Å². The fourth-order valence-electron chi connectivity index (χ4n) is 4.14. The average molecular weight is 553 g/mol. The van der Waals surface area contributed by atoms with Gasteiger partial charge in [0, 0.05) is 41.7 Å². The molecule has 2 heterocycles. The van der Waals surface area contributed by atoms with Gasteiger partial charge in [0.15, 0.2) is 0 Å². The van der Waals surface area contributed by atoms with Crippen LogP contribution in [-0.2, 0) is 5.41 Å². The number of hydrogen-bond donors (Lipinski definition) is 3. The van der Waals surface area contributed by atoms with Gasteiger partial charge in [0.2, 0.25) is 0 Å². The number of rotatable bonds is 6. The molecule has 5 aromatic rings. The highest BCUT2D eigenvalue weighted by Gasteiger charge is 2.22. The van der Waals surface area contributed by atoms with E-state index in [1.165, 1.54) is 19.2 Å². The SMILES string of the molecule is CNC(=O)c1cccc(Oc2ccc(NC(=O)Nc3cc(C(C)(C)C)nn3-c3ccc4ncccc4c3)c(F)c2)c1. The summed E-state index contributed by atoms with van der Waals surface area (Å²) in [5.41, 5.74) is 2.45. The number of benzene rings is 3. The Labute approximate surface area is 236 Å². The van der Waals surface area contributed by atoms with Crippen LogP contribution >= 0.6 is 0 Å². The number of hydrogen-bond acceptors (Lipinski definition) is 5. The smallest absolute Gasteiger partial charge is 0.324 e. The van der Waals surface area contributed by atoms with Gasteiger partial charge in [-0.25, -0.2) is 13.9 Å². The molecule has 0 aliphatic carbocycles. The normalized spacial score (nSPS) is 11.2. The van der Waals surface area contributed by atoms with Gasteiger partial charge in [-0.15, -0.1) is 0 Å². The van der Waals surface area contributed by atoms with Crippen molar-refractivity contribution in [3.63, 3.8) is 0 Å². The number of ether oxygens (including phenoxy) is 1. The number of fused-ring (bicyclic) bond motifs is 1. The van der Waals surface area contributed by atoms with E-state index in [-0.39, 0.29) is 22.8 Å². The first-order valence-electron chi connectivity index (χ1n) is 12.9. The summed E-state index contributed by atoms with van der Waals surface area (Å²) in [5.74, 6) is 0.0522. The molecule has 3 amide bonds. The number of carbonyl (C=O) groups is 2. The lowest BCUT2D eigenvalue weighted by Crippen LogP contribution is -2.22. The zero-order valence-corrected chi connectivity index (χ0v) is 23.0. The number of urea groups is 1. The molecule has 0 bridgehead atoms. The lowest BCUT2D eigenvalue weighted by molar-refractivity contribution is 0.0962. The van der Waals surface area contributed by atoms with E-state index in [0.717, 1.165) is 28.4 Å². The van der Waals surface area contributed by atoms with Crippen LogP contribution in [0.5, 0.6) is 11.5 Å². The second-order valence-corrected chi connectivity index (χ2v) is 10.4. The number of carbonyl (C=O) groups excluding carboxylic acids is 2. The summed E-state index contributed by atoms with van der Waals surface area (Å²) >= 11 is 0. The molecule has 0 spiro atoms. The van der Waals surface area contributed by atoms with Gasteiger partial charge >= 0.3 is 6.03 Å². The zero-order chi connectivity index (χ0) is 29.1. The first-order valence-corrected chi connectivity index (χ1v) is 12.9. The molecule has 2 aromatic heterocycles. The molecule has 0 aliphatic rings. The van der Waals surface area contributed by atoms with Gasteiger partial charge in [-0.3, -0.25) is 15.1 Å². The summed E-state index contributed by atoms with van der Waals surface area (Å²) in [7, 11) is 1.53. The lowest BCUT2D eigenvalue weighted by Gasteiger charge is -2.14. The molecule has 208 valence electrons. The van der Waals surface area contributed by atoms with Crippen LogP contribution in [0.2, 0.25) is 0 Å². The van der Waals surface area contributed by atoms with Crippen LogP contribution < -0.4 is 20.7 Å². The molecule has 41 heavy (non-hydrogen) atoms. The zero-order valence-electron chi connectivity index (χ0n) is 23.0. The van der Waals surface area contributed by atoms with Crippen molar-refractivity contribution in [1.82, 2.24) is 20.1 Å². The molecule has 0 fully saturated rings. The van der Waals surface area contributed by atoms with E-state index in [9.17, 15) is 14.0 Å². The first kappa shape index (κ1) is 27.3. The topological polar surface area (TPSA) is 110 Å². The third kappa shape index (κ3) is 6.17. The minimum absolute atomic E-state index is 0.0344. The van der Waals surface area contributed by atoms with Gasteiger partial charge in [-0.2, -0.15) is 5.10 Å². The number of nitrogens with one attached hydrogen (secondary N) is 3. The Morgan fingerprint density at radius 2 is 1.71 bits per heavy atom. The number of amides is 3. The summed E-state index contributed by atoms with van der Waals surface area (Å²) in [6, 6.07) is 21.3. The van der Waals surface area contributed by atoms with E-state index >= 15 is 0 Å². The highest BCUT2D eigenvalue weighted by Crippen LogP contribution is 2.29. The van der Waals surface area contributed by atoms with Crippen LogP contribution in [0.15, 0.2) is 85.1 Å². The molecule has 9 nitrogen and oxygen atoms in total. The monoisotopic (exact) mass is 552 g/mol. The van der Waals surface area contributed by atoms with Gasteiger partial charge in [-0.1, -0.05) is 32.9 Å². The van der Waals surface area contributed by atoms with Gasteiger partial charge in [0.05, 0.1) is 22.6 Å². The van der Waals surface area contributed by atoms with E-state index in [1.807, 2.05) is 51.1 Å². The lowest BCUT2D eigenvalue weighted by atomic mass is 9.92. The number of nitrogens with zero attached hydrogens (tertiary/aromatic N) is 3. The number of aromatic nitrogens is 3. The standard InChI is InChI=1S/C31H29FN6O3/c1-31(2,3)27-18-28(38(37-27)21-10-12-25-19(15-21)8-6-14-34-25)36-30(40)35-26-13-11-23(17-24(26)32)41-22-9-5-7-20(16-22)29(39)33-4/h5-18H,1-4H3,(H,33,39)(H2,35,36,40). The Balaban J connectivity index is 1.34. The van der Waals surface area contributed by atoms with Crippen molar-refractivity contribution in [1.29, 1.82) is 0 Å². The van der Waals surface area contributed by atoms with E-state index < -0.39 is 11.8 Å². The van der Waals surface area contributed by atoms with Crippen LogP contribution in [0.3, 0.4) is 0 Å². The Morgan fingerprint density at radius 1 is 0.902 bits per heavy atom. The molecule has 3 N–H and O–H groups in total. The summed E-state index contributed by atoms with van der Waals surface area (Å²) in [4.78, 5) is 29.2. The number of anilines is 2. The molecular formula is C31H29FN6O3. The maximum atomic E-state index is 15.0. The maximum absolute atomic E-state index is 15.0. The van der Waals surface area contributed by atoms with E-state index in [2.05, 4.69) is 20.9 Å².